The van der Waals surface area contributed by atoms with Crippen molar-refractivity contribution in [2.45, 2.75) is 33.2 Å². The number of hydrogen-bond acceptors (Lipinski definition) is 3. The molecule has 1 aromatic heterocycles. The number of aromatic nitrogens is 2. The van der Waals surface area contributed by atoms with Crippen LogP contribution in [0, 0.1) is 5.41 Å². The molecule has 4 nitrogen and oxygen atoms in total. The SMILES string of the molecule is CC(C)n1ncc(Cl)c1C(=O)C1(C)CCNC1. The topological polar surface area (TPSA) is 46.9 Å². The summed E-state index contributed by atoms with van der Waals surface area (Å²) in [6.45, 7) is 7.58. The average Bonchev–Trinajstić information content (AvgIpc) is 2.85. The summed E-state index contributed by atoms with van der Waals surface area (Å²) in [5, 5.41) is 7.87. The lowest BCUT2D eigenvalue weighted by Crippen LogP contribution is -2.32. The van der Waals surface area contributed by atoms with E-state index in [9.17, 15) is 4.79 Å². The van der Waals surface area contributed by atoms with Crippen LogP contribution in [-0.2, 0) is 0 Å². The van der Waals surface area contributed by atoms with Crippen molar-refractivity contribution in [3.63, 3.8) is 0 Å². The predicted molar refractivity (Wildman–Crippen MR) is 67.5 cm³/mol. The molecule has 2 heterocycles. The molecule has 1 unspecified atom stereocenters. The van der Waals surface area contributed by atoms with E-state index in [4.69, 9.17) is 11.6 Å². The molecule has 1 N–H and O–H groups in total. The van der Waals surface area contributed by atoms with E-state index in [2.05, 4.69) is 10.4 Å². The third kappa shape index (κ3) is 2.11. The summed E-state index contributed by atoms with van der Waals surface area (Å²) in [7, 11) is 0. The largest absolute Gasteiger partial charge is 0.316 e. The van der Waals surface area contributed by atoms with Gasteiger partial charge >= 0.3 is 0 Å². The van der Waals surface area contributed by atoms with Crippen LogP contribution < -0.4 is 5.32 Å². The van der Waals surface area contributed by atoms with Crippen molar-refractivity contribution < 1.29 is 4.79 Å². The van der Waals surface area contributed by atoms with Crippen LogP contribution in [0.3, 0.4) is 0 Å². The van der Waals surface area contributed by atoms with Crippen molar-refractivity contribution in [1.82, 2.24) is 15.1 Å². The number of halogens is 1. The highest BCUT2D eigenvalue weighted by atomic mass is 35.5. The minimum atomic E-state index is -0.351. The monoisotopic (exact) mass is 255 g/mol. The minimum Gasteiger partial charge on any atom is -0.316 e. The summed E-state index contributed by atoms with van der Waals surface area (Å²) in [5.74, 6) is 0.0960. The number of Topliss-reactive ketones (excluding diaryl/α,β-unsaturated/α-hetero) is 1. The summed E-state index contributed by atoms with van der Waals surface area (Å²) in [4.78, 5) is 12.6. The van der Waals surface area contributed by atoms with Gasteiger partial charge in [0, 0.05) is 18.0 Å². The minimum absolute atomic E-state index is 0.0960. The van der Waals surface area contributed by atoms with Crippen molar-refractivity contribution >= 4 is 17.4 Å². The molecule has 5 heteroatoms. The van der Waals surface area contributed by atoms with Gasteiger partial charge in [0.15, 0.2) is 5.78 Å². The van der Waals surface area contributed by atoms with Crippen LogP contribution in [0.15, 0.2) is 6.20 Å². The van der Waals surface area contributed by atoms with Gasteiger partial charge in [-0.1, -0.05) is 18.5 Å². The molecular formula is C12H18ClN3O. The van der Waals surface area contributed by atoms with Crippen LogP contribution in [-0.4, -0.2) is 28.7 Å². The highest BCUT2D eigenvalue weighted by molar-refractivity contribution is 6.33. The molecule has 1 aliphatic heterocycles. The molecular weight excluding hydrogens is 238 g/mol. The zero-order valence-corrected chi connectivity index (χ0v) is 11.2. The Morgan fingerprint density at radius 3 is 2.88 bits per heavy atom. The van der Waals surface area contributed by atoms with Crippen LogP contribution in [0.2, 0.25) is 5.02 Å². The standard InChI is InChI=1S/C12H18ClN3O/c1-8(2)16-10(9(13)6-15-16)11(17)12(3)4-5-14-7-12/h6,8,14H,4-5,7H2,1-3H3. The van der Waals surface area contributed by atoms with Gasteiger partial charge in [-0.2, -0.15) is 5.10 Å². The Bertz CT molecular complexity index is 433. The third-order valence-corrected chi connectivity index (χ3v) is 3.65. The van der Waals surface area contributed by atoms with Gasteiger partial charge in [-0.15, -0.1) is 0 Å². The van der Waals surface area contributed by atoms with Crippen molar-refractivity contribution in [1.29, 1.82) is 0 Å². The van der Waals surface area contributed by atoms with Crippen LogP contribution in [0.5, 0.6) is 0 Å². The van der Waals surface area contributed by atoms with Gasteiger partial charge in [0.25, 0.3) is 0 Å². The molecule has 17 heavy (non-hydrogen) atoms. The fourth-order valence-corrected chi connectivity index (χ4v) is 2.46. The number of carbonyl (C=O) groups excluding carboxylic acids is 1. The molecule has 94 valence electrons. The predicted octanol–water partition coefficient (Wildman–Crippen LogP) is 2.30. The molecule has 2 rings (SSSR count). The number of nitrogens with zero attached hydrogens (tertiary/aromatic N) is 2. The van der Waals surface area contributed by atoms with Gasteiger partial charge in [-0.3, -0.25) is 9.48 Å². The van der Waals surface area contributed by atoms with E-state index >= 15 is 0 Å². The Labute approximate surface area is 106 Å². The molecule has 1 aromatic rings. The summed E-state index contributed by atoms with van der Waals surface area (Å²) in [5.41, 5.74) is 0.198. The fraction of sp³-hybridized carbons (Fsp3) is 0.667. The fourth-order valence-electron chi connectivity index (χ4n) is 2.24. The lowest BCUT2D eigenvalue weighted by molar-refractivity contribution is 0.0826. The normalized spacial score (nSPS) is 24.5. The number of rotatable bonds is 3. The van der Waals surface area contributed by atoms with Crippen molar-refractivity contribution in [2.75, 3.05) is 13.1 Å². The lowest BCUT2D eigenvalue weighted by Gasteiger charge is -2.22. The van der Waals surface area contributed by atoms with Crippen LogP contribution >= 0.6 is 11.6 Å². The van der Waals surface area contributed by atoms with Crippen molar-refractivity contribution in [3.8, 4) is 0 Å². The second kappa shape index (κ2) is 4.42. The third-order valence-electron chi connectivity index (χ3n) is 3.37. The molecule has 1 atom stereocenters. The number of carbonyl (C=O) groups is 1. The Hall–Kier alpha value is -0.870. The van der Waals surface area contributed by atoms with Gasteiger partial charge in [-0.05, 0) is 26.8 Å². The van der Waals surface area contributed by atoms with Gasteiger partial charge in [0.2, 0.25) is 0 Å². The van der Waals surface area contributed by atoms with Crippen LogP contribution in [0.4, 0.5) is 0 Å². The number of nitrogens with one attached hydrogen (secondary N) is 1. The van der Waals surface area contributed by atoms with Gasteiger partial charge < -0.3 is 5.32 Å². The molecule has 0 aliphatic carbocycles. The smallest absolute Gasteiger partial charge is 0.189 e. The molecule has 1 aliphatic rings. The molecule has 0 saturated carbocycles. The zero-order chi connectivity index (χ0) is 12.6. The highest BCUT2D eigenvalue weighted by Crippen LogP contribution is 2.32. The number of hydrogen-bond donors (Lipinski definition) is 1. The molecule has 0 radical (unpaired) electrons. The Kier molecular flexibility index (Phi) is 3.27. The Morgan fingerprint density at radius 1 is 1.65 bits per heavy atom. The van der Waals surface area contributed by atoms with Crippen molar-refractivity contribution in [2.24, 2.45) is 5.41 Å². The maximum absolute atomic E-state index is 12.6. The lowest BCUT2D eigenvalue weighted by atomic mass is 9.83. The quantitative estimate of drug-likeness (QED) is 0.843. The van der Waals surface area contributed by atoms with E-state index in [0.717, 1.165) is 13.0 Å². The van der Waals surface area contributed by atoms with E-state index < -0.39 is 0 Å². The van der Waals surface area contributed by atoms with Crippen LogP contribution in [0.1, 0.15) is 43.7 Å². The molecule has 0 spiro atoms. The summed E-state index contributed by atoms with van der Waals surface area (Å²) in [6.07, 6.45) is 2.41. The first kappa shape index (κ1) is 12.6. The first-order valence-electron chi connectivity index (χ1n) is 5.94. The Morgan fingerprint density at radius 2 is 2.35 bits per heavy atom. The molecule has 0 bridgehead atoms. The first-order valence-corrected chi connectivity index (χ1v) is 6.32. The van der Waals surface area contributed by atoms with Gasteiger partial charge in [0.1, 0.15) is 5.69 Å². The average molecular weight is 256 g/mol. The molecule has 0 aromatic carbocycles. The van der Waals surface area contributed by atoms with E-state index in [1.165, 1.54) is 0 Å². The maximum atomic E-state index is 12.6. The van der Waals surface area contributed by atoms with Gasteiger partial charge in [-0.25, -0.2) is 0 Å². The van der Waals surface area contributed by atoms with E-state index in [-0.39, 0.29) is 17.2 Å². The summed E-state index contributed by atoms with van der Waals surface area (Å²) >= 11 is 6.10. The van der Waals surface area contributed by atoms with Crippen molar-refractivity contribution in [3.05, 3.63) is 16.9 Å². The van der Waals surface area contributed by atoms with E-state index in [0.29, 0.717) is 17.3 Å². The van der Waals surface area contributed by atoms with E-state index in [1.54, 1.807) is 10.9 Å². The number of ketones is 1. The summed E-state index contributed by atoms with van der Waals surface area (Å²) < 4.78 is 1.72. The first-order chi connectivity index (χ1) is 7.96. The van der Waals surface area contributed by atoms with Gasteiger partial charge in [0.05, 0.1) is 11.2 Å². The Balaban J connectivity index is 2.39. The zero-order valence-electron chi connectivity index (χ0n) is 10.5. The second-order valence-corrected chi connectivity index (χ2v) is 5.60. The maximum Gasteiger partial charge on any atom is 0.189 e. The molecule has 1 saturated heterocycles. The van der Waals surface area contributed by atoms with Crippen LogP contribution in [0.25, 0.3) is 0 Å². The molecule has 1 fully saturated rings. The highest BCUT2D eigenvalue weighted by Gasteiger charge is 2.39. The molecule has 0 amide bonds. The van der Waals surface area contributed by atoms with E-state index in [1.807, 2.05) is 20.8 Å². The summed E-state index contributed by atoms with van der Waals surface area (Å²) in [6, 6.07) is 0.138. The second-order valence-electron chi connectivity index (χ2n) is 5.20.